The van der Waals surface area contributed by atoms with Gasteiger partial charge in [0.2, 0.25) is 0 Å². The number of fused-ring (bicyclic) bond motifs is 6. The van der Waals surface area contributed by atoms with Crippen LogP contribution in [0.4, 0.5) is 0 Å². The molecule has 0 aromatic carbocycles. The zero-order chi connectivity index (χ0) is 23.9. The van der Waals surface area contributed by atoms with Gasteiger partial charge in [-0.1, -0.05) is 40.0 Å². The monoisotopic (exact) mass is 465 g/mol. The van der Waals surface area contributed by atoms with Crippen molar-refractivity contribution in [2.45, 2.75) is 116 Å². The summed E-state index contributed by atoms with van der Waals surface area (Å²) in [4.78, 5) is 0. The third-order valence-corrected chi connectivity index (χ3v) is 11.3. The first-order valence-electron chi connectivity index (χ1n) is 14.5. The van der Waals surface area contributed by atoms with E-state index in [1.807, 2.05) is 10.9 Å². The van der Waals surface area contributed by atoms with Crippen molar-refractivity contribution in [1.29, 1.82) is 5.26 Å². The van der Waals surface area contributed by atoms with Crippen LogP contribution in [-0.2, 0) is 6.54 Å². The Labute approximate surface area is 207 Å². The van der Waals surface area contributed by atoms with Crippen LogP contribution in [0.2, 0.25) is 0 Å². The highest BCUT2D eigenvalue weighted by molar-refractivity contribution is 5.21. The topological polar surface area (TPSA) is 61.8 Å². The van der Waals surface area contributed by atoms with E-state index < -0.39 is 0 Å². The summed E-state index contributed by atoms with van der Waals surface area (Å²) in [6, 6.07) is 2.22. The van der Waals surface area contributed by atoms with Crippen molar-refractivity contribution in [3.63, 3.8) is 0 Å². The molecule has 5 rings (SSSR count). The molecule has 2 bridgehead atoms. The second-order valence-electron chi connectivity index (χ2n) is 13.2. The predicted molar refractivity (Wildman–Crippen MR) is 136 cm³/mol. The molecule has 1 N–H and O–H groups in total. The van der Waals surface area contributed by atoms with Crippen molar-refractivity contribution in [3.8, 4) is 6.07 Å². The molecule has 1 unspecified atom stereocenters. The van der Waals surface area contributed by atoms with Gasteiger partial charge in [-0.3, -0.25) is 4.68 Å². The summed E-state index contributed by atoms with van der Waals surface area (Å²) in [5.74, 6) is 5.64. The molecule has 1 aromatic heterocycles. The van der Waals surface area contributed by atoms with Crippen LogP contribution in [0.15, 0.2) is 12.4 Å². The molecular formula is C30H47N3O. The number of unbranched alkanes of at least 4 members (excludes halogenated alkanes) is 1. The molecule has 4 nitrogen and oxygen atoms in total. The quantitative estimate of drug-likeness (QED) is 0.493. The molecule has 188 valence electrons. The summed E-state index contributed by atoms with van der Waals surface area (Å²) in [7, 11) is 0. The van der Waals surface area contributed by atoms with Crippen LogP contribution >= 0.6 is 0 Å². The molecular weight excluding hydrogens is 418 g/mol. The lowest BCUT2D eigenvalue weighted by Gasteiger charge is -2.51. The molecule has 9 atom stereocenters. The van der Waals surface area contributed by atoms with E-state index in [2.05, 4.69) is 31.9 Å². The Morgan fingerprint density at radius 2 is 2.03 bits per heavy atom. The summed E-state index contributed by atoms with van der Waals surface area (Å²) in [6.45, 7) is 8.25. The fourth-order valence-electron chi connectivity index (χ4n) is 9.73. The van der Waals surface area contributed by atoms with Crippen LogP contribution in [0.3, 0.4) is 0 Å². The number of nitrogens with zero attached hydrogens (tertiary/aromatic N) is 3. The Kier molecular flexibility index (Phi) is 6.88. The van der Waals surface area contributed by atoms with Gasteiger partial charge in [0.05, 0.1) is 17.4 Å². The van der Waals surface area contributed by atoms with Gasteiger partial charge in [0.15, 0.2) is 0 Å². The Morgan fingerprint density at radius 1 is 1.18 bits per heavy atom. The molecule has 1 heterocycles. The smallest absolute Gasteiger partial charge is 0.102 e. The number of hydrogen-bond acceptors (Lipinski definition) is 3. The summed E-state index contributed by atoms with van der Waals surface area (Å²) in [6.07, 6.45) is 20.1. The van der Waals surface area contributed by atoms with Crippen LogP contribution in [0.25, 0.3) is 0 Å². The van der Waals surface area contributed by atoms with Crippen LogP contribution < -0.4 is 0 Å². The van der Waals surface area contributed by atoms with E-state index >= 15 is 0 Å². The zero-order valence-corrected chi connectivity index (χ0v) is 21.9. The number of rotatable bonds is 6. The zero-order valence-electron chi connectivity index (χ0n) is 21.9. The SMILES string of the molecule is CCCC[C@@]1(O)CC[C@H]2C[C@@H](CC[C@@H]3[C@@H]2CC[C@]2(C)[C@@H](C(C)Cn4cc(C#N)cn4)CC[C@@H]32)C1. The Hall–Kier alpha value is -1.34. The maximum Gasteiger partial charge on any atom is 0.102 e. The molecule has 1 aromatic rings. The van der Waals surface area contributed by atoms with Crippen molar-refractivity contribution >= 4 is 0 Å². The third kappa shape index (κ3) is 4.47. The van der Waals surface area contributed by atoms with E-state index in [1.165, 1.54) is 64.2 Å². The first-order chi connectivity index (χ1) is 16.3. The summed E-state index contributed by atoms with van der Waals surface area (Å²) in [5, 5.41) is 25.0. The highest BCUT2D eigenvalue weighted by atomic mass is 16.3. The van der Waals surface area contributed by atoms with E-state index in [1.54, 1.807) is 6.20 Å². The highest BCUT2D eigenvalue weighted by Gasteiger charge is 2.56. The van der Waals surface area contributed by atoms with Gasteiger partial charge in [0, 0.05) is 12.7 Å². The third-order valence-electron chi connectivity index (χ3n) is 11.3. The Balaban J connectivity index is 1.29. The second kappa shape index (κ2) is 9.61. The van der Waals surface area contributed by atoms with Gasteiger partial charge in [-0.15, -0.1) is 0 Å². The van der Waals surface area contributed by atoms with Crippen molar-refractivity contribution in [2.24, 2.45) is 46.8 Å². The van der Waals surface area contributed by atoms with Gasteiger partial charge < -0.3 is 5.11 Å². The number of hydrogen-bond donors (Lipinski definition) is 1. The normalized spacial score (nSPS) is 42.7. The molecule has 4 aliphatic rings. The molecule has 0 spiro atoms. The highest BCUT2D eigenvalue weighted by Crippen LogP contribution is 2.64. The van der Waals surface area contributed by atoms with Crippen LogP contribution in [0, 0.1) is 58.2 Å². The molecule has 0 radical (unpaired) electrons. The average Bonchev–Trinajstić information content (AvgIpc) is 3.32. The minimum absolute atomic E-state index is 0.378. The molecule has 0 aliphatic heterocycles. The average molecular weight is 466 g/mol. The maximum absolute atomic E-state index is 11.4. The van der Waals surface area contributed by atoms with Gasteiger partial charge in [0.25, 0.3) is 0 Å². The van der Waals surface area contributed by atoms with Crippen LogP contribution in [0.5, 0.6) is 0 Å². The molecule has 34 heavy (non-hydrogen) atoms. The summed E-state index contributed by atoms with van der Waals surface area (Å²) >= 11 is 0. The van der Waals surface area contributed by atoms with E-state index in [4.69, 9.17) is 5.26 Å². The first kappa shape index (κ1) is 24.4. The molecule has 4 heteroatoms. The lowest BCUT2D eigenvalue weighted by Crippen LogP contribution is -2.44. The van der Waals surface area contributed by atoms with Crippen LogP contribution in [-0.4, -0.2) is 20.5 Å². The second-order valence-corrected chi connectivity index (χ2v) is 13.2. The fourth-order valence-corrected chi connectivity index (χ4v) is 9.73. The van der Waals surface area contributed by atoms with Gasteiger partial charge in [0.1, 0.15) is 6.07 Å². The Bertz CT molecular complexity index is 888. The molecule has 4 aliphatic carbocycles. The van der Waals surface area contributed by atoms with Gasteiger partial charge in [-0.05, 0) is 111 Å². The largest absolute Gasteiger partial charge is 0.390 e. The minimum Gasteiger partial charge on any atom is -0.390 e. The standard InChI is InChI=1S/C30H47N3O/c1-4-5-12-30(34)14-10-24-15-22(16-30)6-7-26-25(24)11-13-29(3)27(8-9-28(26)29)21(2)19-33-20-23(17-31)18-32-33/h18,20-22,24-28,34H,4-16,19H2,1-3H3/t21?,22-,24+,25-,26-,27-,28+,29-,30-/m1/s1. The van der Waals surface area contributed by atoms with E-state index in [9.17, 15) is 5.11 Å². The number of aromatic nitrogens is 2. The van der Waals surface area contributed by atoms with Gasteiger partial charge in [-0.25, -0.2) is 0 Å². The summed E-state index contributed by atoms with van der Waals surface area (Å²) < 4.78 is 2.00. The lowest BCUT2D eigenvalue weighted by molar-refractivity contribution is -0.0327. The minimum atomic E-state index is -0.378. The molecule has 4 saturated carbocycles. The van der Waals surface area contributed by atoms with Gasteiger partial charge >= 0.3 is 0 Å². The van der Waals surface area contributed by atoms with Gasteiger partial charge in [-0.2, -0.15) is 10.4 Å². The van der Waals surface area contributed by atoms with Crippen LogP contribution in [0.1, 0.15) is 110 Å². The molecule has 0 saturated heterocycles. The fraction of sp³-hybridized carbons (Fsp3) is 0.867. The summed E-state index contributed by atoms with van der Waals surface area (Å²) in [5.41, 5.74) is 0.754. The number of aliphatic hydroxyl groups is 1. The van der Waals surface area contributed by atoms with Crippen molar-refractivity contribution in [3.05, 3.63) is 18.0 Å². The number of nitriles is 1. The Morgan fingerprint density at radius 3 is 2.79 bits per heavy atom. The van der Waals surface area contributed by atoms with Crippen molar-refractivity contribution in [1.82, 2.24) is 9.78 Å². The molecule has 4 fully saturated rings. The van der Waals surface area contributed by atoms with Crippen molar-refractivity contribution < 1.29 is 5.11 Å². The first-order valence-corrected chi connectivity index (χ1v) is 14.5. The van der Waals surface area contributed by atoms with Crippen molar-refractivity contribution in [2.75, 3.05) is 0 Å². The van der Waals surface area contributed by atoms with E-state index in [-0.39, 0.29) is 5.60 Å². The lowest BCUT2D eigenvalue weighted by atomic mass is 9.54. The van der Waals surface area contributed by atoms with E-state index in [0.29, 0.717) is 16.9 Å². The maximum atomic E-state index is 11.4. The predicted octanol–water partition coefficient (Wildman–Crippen LogP) is 6.97. The van der Waals surface area contributed by atoms with E-state index in [0.717, 1.165) is 61.3 Å². The molecule has 0 amide bonds.